The van der Waals surface area contributed by atoms with Gasteiger partial charge in [0.2, 0.25) is 5.91 Å². The second-order valence-corrected chi connectivity index (χ2v) is 24.6. The van der Waals surface area contributed by atoms with Crippen LogP contribution in [0.5, 0.6) is 0 Å². The van der Waals surface area contributed by atoms with E-state index in [1.165, 1.54) is 321 Å². The topological polar surface area (TPSA) is 95.9 Å². The van der Waals surface area contributed by atoms with Crippen LogP contribution in [0.4, 0.5) is 0 Å². The first-order valence-corrected chi connectivity index (χ1v) is 35.8. The smallest absolute Gasteiger partial charge is 0.305 e. The van der Waals surface area contributed by atoms with E-state index in [-0.39, 0.29) is 18.5 Å². The Bertz CT molecular complexity index is 1280. The van der Waals surface area contributed by atoms with Crippen LogP contribution in [0, 0.1) is 0 Å². The quantitative estimate of drug-likeness (QED) is 0.0320. The predicted molar refractivity (Wildman–Crippen MR) is 347 cm³/mol. The number of esters is 1. The molecular formula is C73H139NO5. The number of unbranched alkanes of at least 4 members (excludes halogenated alkanes) is 52. The van der Waals surface area contributed by atoms with Gasteiger partial charge in [0.1, 0.15) is 0 Å². The summed E-state index contributed by atoms with van der Waals surface area (Å²) in [5.74, 6) is -0.0452. The van der Waals surface area contributed by atoms with Crippen molar-refractivity contribution in [3.8, 4) is 0 Å². The van der Waals surface area contributed by atoms with Crippen LogP contribution in [-0.2, 0) is 14.3 Å². The zero-order chi connectivity index (χ0) is 57.1. The van der Waals surface area contributed by atoms with Crippen molar-refractivity contribution in [3.63, 3.8) is 0 Å². The second kappa shape index (κ2) is 68.6. The number of hydrogen-bond donors (Lipinski definition) is 3. The molecule has 79 heavy (non-hydrogen) atoms. The predicted octanol–water partition coefficient (Wildman–Crippen LogP) is 23.1. The van der Waals surface area contributed by atoms with Crippen molar-refractivity contribution < 1.29 is 24.5 Å². The van der Waals surface area contributed by atoms with E-state index in [2.05, 4.69) is 43.5 Å². The summed E-state index contributed by atoms with van der Waals surface area (Å²) in [6.45, 7) is 4.93. The van der Waals surface area contributed by atoms with Crippen molar-refractivity contribution in [1.82, 2.24) is 5.32 Å². The molecule has 0 heterocycles. The molecule has 0 aliphatic heterocycles. The van der Waals surface area contributed by atoms with Crippen molar-refractivity contribution in [1.29, 1.82) is 0 Å². The van der Waals surface area contributed by atoms with Gasteiger partial charge in [0.05, 0.1) is 25.4 Å². The zero-order valence-corrected chi connectivity index (χ0v) is 53.4. The molecule has 2 atom stereocenters. The molecule has 0 radical (unpaired) electrons. The van der Waals surface area contributed by atoms with Crippen LogP contribution in [0.3, 0.4) is 0 Å². The molecule has 0 saturated heterocycles. The summed E-state index contributed by atoms with van der Waals surface area (Å²) in [5, 5.41) is 23.1. The molecule has 6 nitrogen and oxygen atoms in total. The van der Waals surface area contributed by atoms with Crippen molar-refractivity contribution in [2.45, 2.75) is 405 Å². The van der Waals surface area contributed by atoms with Gasteiger partial charge in [-0.2, -0.15) is 0 Å². The highest BCUT2D eigenvalue weighted by Crippen LogP contribution is 2.18. The fourth-order valence-corrected chi connectivity index (χ4v) is 11.2. The minimum absolute atomic E-state index is 0.0192. The van der Waals surface area contributed by atoms with E-state index in [9.17, 15) is 19.8 Å². The minimum atomic E-state index is -0.842. The molecule has 466 valence electrons. The second-order valence-electron chi connectivity index (χ2n) is 24.6. The Balaban J connectivity index is 3.37. The molecule has 0 saturated carbocycles. The van der Waals surface area contributed by atoms with Gasteiger partial charge in [-0.1, -0.05) is 352 Å². The van der Waals surface area contributed by atoms with Gasteiger partial charge < -0.3 is 20.3 Å². The number of allylic oxidation sites excluding steroid dienone is 5. The van der Waals surface area contributed by atoms with Crippen LogP contribution in [0.15, 0.2) is 36.5 Å². The summed E-state index contributed by atoms with van der Waals surface area (Å²) >= 11 is 0. The van der Waals surface area contributed by atoms with Crippen molar-refractivity contribution in [3.05, 3.63) is 36.5 Å². The molecule has 0 aromatic carbocycles. The molecule has 2 unspecified atom stereocenters. The van der Waals surface area contributed by atoms with Crippen LogP contribution >= 0.6 is 0 Å². The molecular weight excluding hydrogens is 971 g/mol. The summed E-state index contributed by atoms with van der Waals surface area (Å²) in [7, 11) is 0. The van der Waals surface area contributed by atoms with Gasteiger partial charge >= 0.3 is 5.97 Å². The first kappa shape index (κ1) is 77.1. The van der Waals surface area contributed by atoms with Gasteiger partial charge in [0, 0.05) is 12.8 Å². The van der Waals surface area contributed by atoms with Crippen molar-refractivity contribution in [2.24, 2.45) is 0 Å². The standard InChI is InChI=1S/C73H139NO5/c1-3-5-7-9-11-13-15-17-43-47-51-55-59-63-67-73(78)79-68-64-60-56-52-48-44-40-38-36-34-32-30-28-26-24-22-20-18-19-21-23-25-27-29-31-33-35-37-39-42-46-50-54-58-62-66-72(77)74-70(69-75)71(76)65-61-57-53-49-45-41-16-14-12-10-8-6-4-2/h20,22,26,28,61,65,70-71,75-76H,3-19,21,23-25,27,29-60,62-64,66-69H2,1-2H3,(H,74,77)/b22-20-,28-26-,65-61+. The Morgan fingerprint density at radius 3 is 0.962 bits per heavy atom. The molecule has 0 rings (SSSR count). The first-order chi connectivity index (χ1) is 39.0. The molecule has 0 spiro atoms. The highest BCUT2D eigenvalue weighted by Gasteiger charge is 2.18. The third kappa shape index (κ3) is 65.1. The summed E-state index contributed by atoms with van der Waals surface area (Å²) in [4.78, 5) is 24.5. The van der Waals surface area contributed by atoms with E-state index >= 15 is 0 Å². The third-order valence-electron chi connectivity index (χ3n) is 16.7. The van der Waals surface area contributed by atoms with Crippen LogP contribution in [-0.4, -0.2) is 47.4 Å². The van der Waals surface area contributed by atoms with E-state index in [0.29, 0.717) is 19.4 Å². The molecule has 1 amide bonds. The van der Waals surface area contributed by atoms with Gasteiger partial charge in [-0.25, -0.2) is 0 Å². The Morgan fingerprint density at radius 2 is 0.633 bits per heavy atom. The lowest BCUT2D eigenvalue weighted by atomic mass is 10.0. The van der Waals surface area contributed by atoms with Gasteiger partial charge in [0.25, 0.3) is 0 Å². The van der Waals surface area contributed by atoms with Crippen LogP contribution < -0.4 is 5.32 Å². The maximum absolute atomic E-state index is 12.5. The maximum atomic E-state index is 12.5. The number of aliphatic hydroxyl groups is 2. The lowest BCUT2D eigenvalue weighted by Crippen LogP contribution is -2.45. The van der Waals surface area contributed by atoms with Gasteiger partial charge in [0.15, 0.2) is 0 Å². The Labute approximate surface area is 494 Å². The fraction of sp³-hybridized carbons (Fsp3) is 0.890. The summed E-state index contributed by atoms with van der Waals surface area (Å²) in [6, 6.07) is -0.625. The van der Waals surface area contributed by atoms with E-state index < -0.39 is 12.1 Å². The van der Waals surface area contributed by atoms with Crippen LogP contribution in [0.25, 0.3) is 0 Å². The average molecular weight is 1110 g/mol. The molecule has 6 heteroatoms. The number of ether oxygens (including phenoxy) is 1. The van der Waals surface area contributed by atoms with Crippen LogP contribution in [0.2, 0.25) is 0 Å². The lowest BCUT2D eigenvalue weighted by molar-refractivity contribution is -0.143. The fourth-order valence-electron chi connectivity index (χ4n) is 11.2. The lowest BCUT2D eigenvalue weighted by Gasteiger charge is -2.20. The summed E-state index contributed by atoms with van der Waals surface area (Å²) < 4.78 is 5.49. The highest BCUT2D eigenvalue weighted by atomic mass is 16.5. The number of amides is 1. The molecule has 0 fully saturated rings. The average Bonchev–Trinajstić information content (AvgIpc) is 3.45. The van der Waals surface area contributed by atoms with E-state index in [0.717, 1.165) is 44.9 Å². The summed E-state index contributed by atoms with van der Waals surface area (Å²) in [5.41, 5.74) is 0. The Hall–Kier alpha value is -1.92. The maximum Gasteiger partial charge on any atom is 0.305 e. The number of carbonyl (C=O) groups excluding carboxylic acids is 2. The molecule has 0 aromatic rings. The molecule has 0 aliphatic carbocycles. The number of rotatable bonds is 67. The van der Waals surface area contributed by atoms with E-state index in [1.54, 1.807) is 6.08 Å². The number of carbonyl (C=O) groups is 2. The molecule has 3 N–H and O–H groups in total. The molecule has 0 bridgehead atoms. The van der Waals surface area contributed by atoms with E-state index in [4.69, 9.17) is 4.74 Å². The number of nitrogens with one attached hydrogen (secondary N) is 1. The molecule has 0 aliphatic rings. The Kier molecular flexibility index (Phi) is 66.9. The van der Waals surface area contributed by atoms with E-state index in [1.807, 2.05) is 6.08 Å². The van der Waals surface area contributed by atoms with Gasteiger partial charge in [-0.05, 0) is 64.2 Å². The minimum Gasteiger partial charge on any atom is -0.466 e. The Morgan fingerprint density at radius 1 is 0.354 bits per heavy atom. The SMILES string of the molecule is CCCCCCCCCCCCC/C=C/C(O)C(CO)NC(=O)CCCCCCCCCCCCCCCCCCC/C=C\C/C=C\CCCCCCCCCCCCCOC(=O)CCCCCCCCCCCCCCCC. The summed E-state index contributed by atoms with van der Waals surface area (Å²) in [6.07, 6.45) is 88.1. The van der Waals surface area contributed by atoms with Crippen molar-refractivity contribution >= 4 is 11.9 Å². The largest absolute Gasteiger partial charge is 0.466 e. The number of aliphatic hydroxyl groups excluding tert-OH is 2. The third-order valence-corrected chi connectivity index (χ3v) is 16.7. The monoisotopic (exact) mass is 1110 g/mol. The van der Waals surface area contributed by atoms with Crippen molar-refractivity contribution in [2.75, 3.05) is 13.2 Å². The number of hydrogen-bond acceptors (Lipinski definition) is 5. The molecule has 0 aromatic heterocycles. The van der Waals surface area contributed by atoms with Crippen LogP contribution in [0.1, 0.15) is 393 Å². The highest BCUT2D eigenvalue weighted by molar-refractivity contribution is 5.76. The zero-order valence-electron chi connectivity index (χ0n) is 53.4. The first-order valence-electron chi connectivity index (χ1n) is 35.8. The normalized spacial score (nSPS) is 12.7. The van der Waals surface area contributed by atoms with Gasteiger partial charge in [-0.15, -0.1) is 0 Å². The van der Waals surface area contributed by atoms with Gasteiger partial charge in [-0.3, -0.25) is 9.59 Å².